The lowest BCUT2D eigenvalue weighted by Gasteiger charge is -2.31. The fourth-order valence-corrected chi connectivity index (χ4v) is 4.10. The topological polar surface area (TPSA) is 48.0 Å². The first kappa shape index (κ1) is 19.6. The second kappa shape index (κ2) is 8.59. The summed E-state index contributed by atoms with van der Waals surface area (Å²) in [6.07, 6.45) is 0. The Morgan fingerprint density at radius 3 is 2.12 bits per heavy atom. The van der Waals surface area contributed by atoms with Crippen molar-refractivity contribution in [3.05, 3.63) is 60.2 Å². The maximum absolute atomic E-state index is 12.8. The Balaban J connectivity index is 2.31. The Labute approximate surface area is 153 Å². The molecule has 0 aliphatic rings. The molecule has 1 amide bonds. The van der Waals surface area contributed by atoms with Crippen molar-refractivity contribution in [2.75, 3.05) is 14.2 Å². The molecule has 0 saturated carbocycles. The number of hydrogen-bond donors (Lipinski definition) is 0. The van der Waals surface area contributed by atoms with Gasteiger partial charge >= 0.3 is 0 Å². The highest BCUT2D eigenvalue weighted by Crippen LogP contribution is 2.48. The van der Waals surface area contributed by atoms with Gasteiger partial charge in [-0.05, 0) is 62.1 Å². The molecule has 0 spiro atoms. The first-order chi connectivity index (χ1) is 11.9. The molecule has 0 bridgehead atoms. The molecule has 0 aliphatic carbocycles. The van der Waals surface area contributed by atoms with E-state index in [4.69, 9.17) is 25.7 Å². The number of carbonyl (C=O) groups excluding carboxylic acids is 1. The Kier molecular flexibility index (Phi) is 6.73. The number of rotatable bonds is 7. The summed E-state index contributed by atoms with van der Waals surface area (Å²) < 4.78 is 16.7. The molecular weight excluding hydrogens is 357 g/mol. The SMILES string of the molecule is COc1ccc(P(=S)(OC)ON(C(=O)c2ccccc2)C(C)C)cc1. The van der Waals surface area contributed by atoms with E-state index in [1.165, 1.54) is 12.2 Å². The highest BCUT2D eigenvalue weighted by Gasteiger charge is 2.30. The monoisotopic (exact) mass is 379 g/mol. The second-order valence-electron chi connectivity index (χ2n) is 5.55. The summed E-state index contributed by atoms with van der Waals surface area (Å²) >= 11 is 5.65. The van der Waals surface area contributed by atoms with E-state index in [0.29, 0.717) is 16.6 Å². The van der Waals surface area contributed by atoms with Crippen molar-refractivity contribution in [1.29, 1.82) is 0 Å². The molecule has 25 heavy (non-hydrogen) atoms. The van der Waals surface area contributed by atoms with Gasteiger partial charge in [0, 0.05) is 18.0 Å². The van der Waals surface area contributed by atoms with E-state index in [9.17, 15) is 4.79 Å². The normalized spacial score (nSPS) is 13.3. The predicted octanol–water partition coefficient (Wildman–Crippen LogP) is 3.76. The van der Waals surface area contributed by atoms with Crippen LogP contribution >= 0.6 is 6.49 Å². The van der Waals surface area contributed by atoms with E-state index in [1.54, 1.807) is 43.5 Å². The number of ether oxygens (including phenoxy) is 1. The summed E-state index contributed by atoms with van der Waals surface area (Å²) in [5.41, 5.74) is 0.531. The highest BCUT2D eigenvalue weighted by molar-refractivity contribution is 8.13. The van der Waals surface area contributed by atoms with Crippen LogP contribution in [0.25, 0.3) is 0 Å². The van der Waals surface area contributed by atoms with E-state index in [1.807, 2.05) is 32.0 Å². The molecule has 2 rings (SSSR count). The largest absolute Gasteiger partial charge is 0.497 e. The van der Waals surface area contributed by atoms with Crippen LogP contribution in [0.2, 0.25) is 0 Å². The molecule has 5 nitrogen and oxygen atoms in total. The summed E-state index contributed by atoms with van der Waals surface area (Å²) in [6, 6.07) is 15.9. The summed E-state index contributed by atoms with van der Waals surface area (Å²) in [5.74, 6) is 0.456. The van der Waals surface area contributed by atoms with Gasteiger partial charge in [-0.1, -0.05) is 18.2 Å². The molecule has 0 N–H and O–H groups in total. The number of methoxy groups -OCH3 is 1. The van der Waals surface area contributed by atoms with Gasteiger partial charge in [0.25, 0.3) is 5.91 Å². The van der Waals surface area contributed by atoms with Gasteiger partial charge in [-0.2, -0.15) is 0 Å². The van der Waals surface area contributed by atoms with Crippen LogP contribution in [0, 0.1) is 0 Å². The Bertz CT molecular complexity index is 749. The number of hydroxylamine groups is 2. The maximum Gasteiger partial charge on any atom is 0.278 e. The minimum absolute atomic E-state index is 0.205. The molecular formula is C18H22NO4PS. The van der Waals surface area contributed by atoms with Crippen LogP contribution in [0.5, 0.6) is 5.75 Å². The van der Waals surface area contributed by atoms with E-state index < -0.39 is 6.49 Å². The second-order valence-corrected chi connectivity index (χ2v) is 9.03. The molecule has 1 unspecified atom stereocenters. The van der Waals surface area contributed by atoms with Gasteiger partial charge in [-0.25, -0.2) is 9.69 Å². The van der Waals surface area contributed by atoms with Crippen molar-refractivity contribution in [3.63, 3.8) is 0 Å². The molecule has 0 heterocycles. The maximum atomic E-state index is 12.8. The van der Waals surface area contributed by atoms with Crippen LogP contribution in [-0.4, -0.2) is 31.2 Å². The minimum Gasteiger partial charge on any atom is -0.497 e. The van der Waals surface area contributed by atoms with E-state index in [0.717, 1.165) is 0 Å². The van der Waals surface area contributed by atoms with Gasteiger partial charge < -0.3 is 9.26 Å². The summed E-state index contributed by atoms with van der Waals surface area (Å²) in [7, 11) is 3.09. The van der Waals surface area contributed by atoms with Crippen molar-refractivity contribution in [3.8, 4) is 5.75 Å². The third kappa shape index (κ3) is 4.67. The molecule has 0 fully saturated rings. The average Bonchev–Trinajstić information content (AvgIpc) is 2.66. The Morgan fingerprint density at radius 2 is 1.64 bits per heavy atom. The molecule has 7 heteroatoms. The predicted molar refractivity (Wildman–Crippen MR) is 103 cm³/mol. The molecule has 0 aliphatic heterocycles. The number of carbonyl (C=O) groups is 1. The third-order valence-corrected chi connectivity index (χ3v) is 6.60. The van der Waals surface area contributed by atoms with Crippen LogP contribution in [0.3, 0.4) is 0 Å². The summed E-state index contributed by atoms with van der Waals surface area (Å²) in [5, 5.41) is 2.00. The Hall–Kier alpha value is -1.72. The van der Waals surface area contributed by atoms with Crippen molar-refractivity contribution in [2.24, 2.45) is 0 Å². The van der Waals surface area contributed by atoms with Crippen LogP contribution in [0.4, 0.5) is 0 Å². The molecule has 0 radical (unpaired) electrons. The van der Waals surface area contributed by atoms with E-state index in [2.05, 4.69) is 0 Å². The lowest BCUT2D eigenvalue weighted by Crippen LogP contribution is -2.37. The van der Waals surface area contributed by atoms with Gasteiger partial charge in [0.05, 0.1) is 13.2 Å². The van der Waals surface area contributed by atoms with Crippen molar-refractivity contribution < 1.29 is 18.7 Å². The van der Waals surface area contributed by atoms with Crippen LogP contribution in [0.1, 0.15) is 24.2 Å². The van der Waals surface area contributed by atoms with Gasteiger partial charge in [-0.15, -0.1) is 0 Å². The highest BCUT2D eigenvalue weighted by atomic mass is 32.5. The minimum atomic E-state index is -2.88. The molecule has 1 atom stereocenters. The first-order valence-corrected chi connectivity index (χ1v) is 10.4. The first-order valence-electron chi connectivity index (χ1n) is 7.80. The lowest BCUT2D eigenvalue weighted by molar-refractivity contribution is -0.0528. The van der Waals surface area contributed by atoms with Crippen molar-refractivity contribution in [1.82, 2.24) is 5.06 Å². The van der Waals surface area contributed by atoms with E-state index in [-0.39, 0.29) is 11.9 Å². The summed E-state index contributed by atoms with van der Waals surface area (Å²) in [4.78, 5) is 12.8. The van der Waals surface area contributed by atoms with Crippen molar-refractivity contribution >= 4 is 29.5 Å². The number of amides is 1. The average molecular weight is 379 g/mol. The summed E-state index contributed by atoms with van der Waals surface area (Å²) in [6.45, 7) is 0.846. The van der Waals surface area contributed by atoms with Crippen LogP contribution < -0.4 is 10.0 Å². The molecule has 2 aromatic carbocycles. The number of nitrogens with zero attached hydrogens (tertiary/aromatic N) is 1. The molecule has 0 saturated heterocycles. The smallest absolute Gasteiger partial charge is 0.278 e. The van der Waals surface area contributed by atoms with Gasteiger partial charge in [0.15, 0.2) is 0 Å². The molecule has 2 aromatic rings. The number of hydrogen-bond acceptors (Lipinski definition) is 5. The van der Waals surface area contributed by atoms with Crippen LogP contribution in [0.15, 0.2) is 54.6 Å². The molecule has 0 aromatic heterocycles. The third-order valence-electron chi connectivity index (χ3n) is 3.51. The van der Waals surface area contributed by atoms with Crippen LogP contribution in [-0.2, 0) is 21.0 Å². The number of benzene rings is 2. The standard InChI is InChI=1S/C18H22NO4PS/c1-14(2)19(18(20)15-8-6-5-7-9-15)23-24(25,22-4)17-12-10-16(21-3)11-13-17/h5-14H,1-4H3. The lowest BCUT2D eigenvalue weighted by atomic mass is 10.2. The van der Waals surface area contributed by atoms with Gasteiger partial charge in [0.2, 0.25) is 6.49 Å². The zero-order valence-electron chi connectivity index (χ0n) is 14.7. The van der Waals surface area contributed by atoms with Gasteiger partial charge in [-0.3, -0.25) is 4.79 Å². The van der Waals surface area contributed by atoms with Crippen molar-refractivity contribution in [2.45, 2.75) is 19.9 Å². The quantitative estimate of drug-likeness (QED) is 0.542. The molecule has 134 valence electrons. The zero-order valence-corrected chi connectivity index (χ0v) is 16.4. The zero-order chi connectivity index (χ0) is 18.4. The fraction of sp³-hybridized carbons (Fsp3) is 0.278. The fourth-order valence-electron chi connectivity index (χ4n) is 2.14. The van der Waals surface area contributed by atoms with Gasteiger partial charge in [0.1, 0.15) is 5.75 Å². The van der Waals surface area contributed by atoms with E-state index >= 15 is 0 Å². The Morgan fingerprint density at radius 1 is 1.04 bits per heavy atom.